The summed E-state index contributed by atoms with van der Waals surface area (Å²) in [5.74, 6) is 3.53. The smallest absolute Gasteiger partial charge is 0.191 e. The van der Waals surface area contributed by atoms with Gasteiger partial charge in [0, 0.05) is 38.9 Å². The zero-order chi connectivity index (χ0) is 20.6. The Bertz CT molecular complexity index is 782. The summed E-state index contributed by atoms with van der Waals surface area (Å²) < 4.78 is 0. The molecule has 1 aromatic carbocycles. The fraction of sp³-hybridized carbons (Fsp3) is 0.520. The number of aromatic nitrogens is 1. The Morgan fingerprint density at radius 1 is 0.968 bits per heavy atom. The average Bonchev–Trinajstić information content (AvgIpc) is 2.83. The Hall–Kier alpha value is -1.83. The van der Waals surface area contributed by atoms with Crippen molar-refractivity contribution in [1.29, 1.82) is 0 Å². The van der Waals surface area contributed by atoms with E-state index in [-0.39, 0.29) is 24.0 Å². The largest absolute Gasteiger partial charge is 0.356 e. The summed E-state index contributed by atoms with van der Waals surface area (Å²) in [5.41, 5.74) is 1.51. The van der Waals surface area contributed by atoms with E-state index in [2.05, 4.69) is 68.0 Å². The molecule has 1 saturated carbocycles. The van der Waals surface area contributed by atoms with Gasteiger partial charge in [0.15, 0.2) is 5.96 Å². The highest BCUT2D eigenvalue weighted by molar-refractivity contribution is 14.0. The van der Waals surface area contributed by atoms with Gasteiger partial charge in [0.2, 0.25) is 0 Å². The second kappa shape index (κ2) is 12.3. The van der Waals surface area contributed by atoms with Crippen LogP contribution < -0.4 is 15.5 Å². The molecular weight excluding hydrogens is 497 g/mol. The van der Waals surface area contributed by atoms with Gasteiger partial charge in [-0.25, -0.2) is 4.98 Å². The predicted molar refractivity (Wildman–Crippen MR) is 141 cm³/mol. The number of nitrogens with zero attached hydrogens (tertiary/aromatic N) is 3. The minimum absolute atomic E-state index is 0. The first kappa shape index (κ1) is 23.8. The Morgan fingerprint density at radius 2 is 1.68 bits per heavy atom. The van der Waals surface area contributed by atoms with Gasteiger partial charge < -0.3 is 15.5 Å². The van der Waals surface area contributed by atoms with Crippen molar-refractivity contribution in [2.24, 2.45) is 10.9 Å². The third-order valence-electron chi connectivity index (χ3n) is 6.71. The van der Waals surface area contributed by atoms with Gasteiger partial charge in [-0.05, 0) is 68.1 Å². The number of aliphatic imine (C=N–C) groups is 1. The van der Waals surface area contributed by atoms with E-state index in [1.165, 1.54) is 31.2 Å². The van der Waals surface area contributed by atoms with Gasteiger partial charge in [-0.2, -0.15) is 0 Å². The molecule has 0 spiro atoms. The monoisotopic (exact) mass is 533 g/mol. The zero-order valence-corrected chi connectivity index (χ0v) is 20.9. The van der Waals surface area contributed by atoms with E-state index in [1.807, 2.05) is 19.3 Å². The lowest BCUT2D eigenvalue weighted by Gasteiger charge is -2.34. The number of hydrogen-bond donors (Lipinski definition) is 2. The summed E-state index contributed by atoms with van der Waals surface area (Å²) in [6.45, 7) is 3.10. The van der Waals surface area contributed by atoms with Crippen molar-refractivity contribution in [2.75, 3.05) is 31.6 Å². The number of benzene rings is 1. The van der Waals surface area contributed by atoms with Gasteiger partial charge in [0.1, 0.15) is 5.82 Å². The first-order valence-corrected chi connectivity index (χ1v) is 11.5. The molecule has 2 fully saturated rings. The minimum Gasteiger partial charge on any atom is -0.356 e. The Kier molecular flexibility index (Phi) is 9.43. The molecule has 1 aliphatic carbocycles. The van der Waals surface area contributed by atoms with Gasteiger partial charge in [0.05, 0.1) is 0 Å². The van der Waals surface area contributed by atoms with Crippen LogP contribution >= 0.6 is 24.0 Å². The minimum atomic E-state index is 0. The van der Waals surface area contributed by atoms with E-state index in [4.69, 9.17) is 0 Å². The molecule has 6 heteroatoms. The summed E-state index contributed by atoms with van der Waals surface area (Å²) >= 11 is 0. The molecule has 0 radical (unpaired) electrons. The van der Waals surface area contributed by atoms with E-state index in [0.717, 1.165) is 56.1 Å². The molecule has 2 N–H and O–H groups in total. The first-order valence-electron chi connectivity index (χ1n) is 11.5. The fourth-order valence-electron chi connectivity index (χ4n) is 4.85. The number of anilines is 1. The van der Waals surface area contributed by atoms with Crippen molar-refractivity contribution in [3.63, 3.8) is 0 Å². The second-order valence-corrected chi connectivity index (χ2v) is 8.68. The second-order valence-electron chi connectivity index (χ2n) is 8.68. The number of nitrogens with one attached hydrogen (secondary N) is 2. The van der Waals surface area contributed by atoms with Crippen LogP contribution in [0.3, 0.4) is 0 Å². The number of rotatable bonds is 5. The molecule has 2 aromatic rings. The average molecular weight is 534 g/mol. The van der Waals surface area contributed by atoms with Crippen LogP contribution in [-0.4, -0.2) is 43.7 Å². The maximum atomic E-state index is 4.48. The van der Waals surface area contributed by atoms with Crippen molar-refractivity contribution in [3.8, 4) is 0 Å². The molecule has 2 heterocycles. The van der Waals surface area contributed by atoms with E-state index >= 15 is 0 Å². The third kappa shape index (κ3) is 6.82. The molecule has 4 rings (SSSR count). The Labute approximate surface area is 204 Å². The van der Waals surface area contributed by atoms with Gasteiger partial charge in [-0.15, -0.1) is 24.0 Å². The van der Waals surface area contributed by atoms with Crippen LogP contribution in [0, 0.1) is 5.92 Å². The van der Waals surface area contributed by atoms with Crippen LogP contribution in [0.5, 0.6) is 0 Å². The van der Waals surface area contributed by atoms with Gasteiger partial charge in [-0.3, -0.25) is 4.99 Å². The number of halogens is 1. The quantitative estimate of drug-likeness (QED) is 0.329. The van der Waals surface area contributed by atoms with Crippen LogP contribution in [0.2, 0.25) is 0 Å². The molecule has 1 aromatic heterocycles. The Balaban J connectivity index is 0.00000272. The molecule has 2 aliphatic rings. The molecule has 31 heavy (non-hydrogen) atoms. The van der Waals surface area contributed by atoms with Crippen LogP contribution in [0.1, 0.15) is 50.0 Å². The molecule has 0 amide bonds. The Morgan fingerprint density at radius 3 is 2.32 bits per heavy atom. The van der Waals surface area contributed by atoms with Gasteiger partial charge in [0.25, 0.3) is 0 Å². The van der Waals surface area contributed by atoms with Crippen molar-refractivity contribution < 1.29 is 0 Å². The van der Waals surface area contributed by atoms with Gasteiger partial charge >= 0.3 is 0 Å². The maximum absolute atomic E-state index is 4.48. The molecule has 0 atom stereocenters. The molecule has 1 aliphatic heterocycles. The summed E-state index contributed by atoms with van der Waals surface area (Å²) in [6, 6.07) is 17.6. The summed E-state index contributed by atoms with van der Waals surface area (Å²) in [7, 11) is 1.88. The summed E-state index contributed by atoms with van der Waals surface area (Å²) in [5, 5.41) is 7.24. The van der Waals surface area contributed by atoms with Crippen LogP contribution in [0.15, 0.2) is 59.7 Å². The normalized spacial score (nSPS) is 22.5. The molecule has 0 bridgehead atoms. The van der Waals surface area contributed by atoms with Gasteiger partial charge in [-0.1, -0.05) is 36.4 Å². The van der Waals surface area contributed by atoms with Crippen molar-refractivity contribution in [2.45, 2.75) is 50.5 Å². The molecule has 168 valence electrons. The van der Waals surface area contributed by atoms with E-state index in [1.54, 1.807) is 0 Å². The lowest BCUT2D eigenvalue weighted by molar-refractivity contribution is 0.324. The number of guanidine groups is 1. The maximum Gasteiger partial charge on any atom is 0.191 e. The third-order valence-corrected chi connectivity index (χ3v) is 6.71. The highest BCUT2D eigenvalue weighted by Gasteiger charge is 2.24. The van der Waals surface area contributed by atoms with E-state index < -0.39 is 0 Å². The SMILES string of the molecule is CN=C(NCC1CCC(c2ccccc2)CC1)NC1CCN(c2ccccn2)CC1.I. The predicted octanol–water partition coefficient (Wildman–Crippen LogP) is 4.81. The molecule has 5 nitrogen and oxygen atoms in total. The molecule has 0 unspecified atom stereocenters. The summed E-state index contributed by atoms with van der Waals surface area (Å²) in [4.78, 5) is 11.3. The number of piperidine rings is 1. The first-order chi connectivity index (χ1) is 14.8. The topological polar surface area (TPSA) is 52.6 Å². The van der Waals surface area contributed by atoms with Crippen molar-refractivity contribution in [1.82, 2.24) is 15.6 Å². The van der Waals surface area contributed by atoms with Crippen LogP contribution in [-0.2, 0) is 0 Å². The number of pyridine rings is 1. The highest BCUT2D eigenvalue weighted by atomic mass is 127. The highest BCUT2D eigenvalue weighted by Crippen LogP contribution is 2.35. The fourth-order valence-corrected chi connectivity index (χ4v) is 4.85. The van der Waals surface area contributed by atoms with Crippen LogP contribution in [0.4, 0.5) is 5.82 Å². The number of hydrogen-bond acceptors (Lipinski definition) is 3. The van der Waals surface area contributed by atoms with E-state index in [0.29, 0.717) is 6.04 Å². The summed E-state index contributed by atoms with van der Waals surface area (Å²) in [6.07, 6.45) is 9.29. The molecule has 1 saturated heterocycles. The molecular formula is C25H36IN5. The van der Waals surface area contributed by atoms with Crippen LogP contribution in [0.25, 0.3) is 0 Å². The van der Waals surface area contributed by atoms with Crippen molar-refractivity contribution >= 4 is 35.8 Å². The lowest BCUT2D eigenvalue weighted by atomic mass is 9.79. The standard InChI is InChI=1S/C25H35N5.HI/c1-26-25(29-23-14-17-30(18-15-23)24-9-5-6-16-27-24)28-19-20-10-12-22(13-11-20)21-7-3-2-4-8-21;/h2-9,16,20,22-23H,10-15,17-19H2,1H3,(H2,26,28,29);1H. The van der Waals surface area contributed by atoms with E-state index in [9.17, 15) is 0 Å². The lowest BCUT2D eigenvalue weighted by Crippen LogP contribution is -2.49. The zero-order valence-electron chi connectivity index (χ0n) is 18.5. The van der Waals surface area contributed by atoms with Crippen molar-refractivity contribution in [3.05, 3.63) is 60.3 Å².